The second-order valence-electron chi connectivity index (χ2n) is 2.84. The molecule has 1 rings (SSSR count). The van der Waals surface area contributed by atoms with Crippen LogP contribution in [0.4, 0.5) is 0 Å². The zero-order valence-corrected chi connectivity index (χ0v) is 10.7. The molecule has 0 saturated heterocycles. The Morgan fingerprint density at radius 3 is 2.53 bits per heavy atom. The van der Waals surface area contributed by atoms with Crippen molar-refractivity contribution in [3.63, 3.8) is 0 Å². The molecular formula is C10H7Br2NO2. The second kappa shape index (κ2) is 5.29. The highest BCUT2D eigenvalue weighted by Crippen LogP contribution is 2.33. The molecule has 0 amide bonds. The Kier molecular flexibility index (Phi) is 4.30. The van der Waals surface area contributed by atoms with E-state index in [2.05, 4.69) is 31.9 Å². The van der Waals surface area contributed by atoms with Crippen LogP contribution >= 0.6 is 31.9 Å². The minimum absolute atomic E-state index is 0.425. The van der Waals surface area contributed by atoms with Crippen molar-refractivity contribution < 1.29 is 9.90 Å². The summed E-state index contributed by atoms with van der Waals surface area (Å²) in [5.74, 6) is -0.968. The van der Waals surface area contributed by atoms with Gasteiger partial charge in [0.2, 0.25) is 0 Å². The van der Waals surface area contributed by atoms with Crippen molar-refractivity contribution in [2.24, 2.45) is 0 Å². The number of carboxylic acids is 1. The highest BCUT2D eigenvalue weighted by atomic mass is 79.9. The fraction of sp³-hybridized carbons (Fsp3) is 0.200. The van der Waals surface area contributed by atoms with Gasteiger partial charge in [-0.1, -0.05) is 50.1 Å². The lowest BCUT2D eigenvalue weighted by atomic mass is 10.0. The molecule has 78 valence electrons. The first kappa shape index (κ1) is 12.2. The number of nitrogens with zero attached hydrogens (tertiary/aromatic N) is 1. The summed E-state index contributed by atoms with van der Waals surface area (Å²) in [6.45, 7) is 0. The molecular weight excluding hydrogens is 326 g/mol. The van der Waals surface area contributed by atoms with E-state index in [0.717, 1.165) is 0 Å². The largest absolute Gasteiger partial charge is 0.480 e. The number of hydrogen-bond donors (Lipinski definition) is 1. The topological polar surface area (TPSA) is 61.1 Å². The van der Waals surface area contributed by atoms with Gasteiger partial charge in [-0.3, -0.25) is 4.79 Å². The third-order valence-electron chi connectivity index (χ3n) is 1.87. The van der Waals surface area contributed by atoms with E-state index in [9.17, 15) is 4.79 Å². The first-order valence-corrected chi connectivity index (χ1v) is 5.91. The molecule has 3 nitrogen and oxygen atoms in total. The lowest BCUT2D eigenvalue weighted by molar-refractivity contribution is -0.136. The van der Waals surface area contributed by atoms with Gasteiger partial charge in [0.05, 0.1) is 16.5 Å². The van der Waals surface area contributed by atoms with Crippen molar-refractivity contribution in [2.45, 2.75) is 9.65 Å². The van der Waals surface area contributed by atoms with Crippen molar-refractivity contribution in [2.75, 3.05) is 0 Å². The van der Waals surface area contributed by atoms with E-state index in [1.165, 1.54) is 0 Å². The lowest BCUT2D eigenvalue weighted by Gasteiger charge is -2.14. The van der Waals surface area contributed by atoms with Crippen LogP contribution in [0.5, 0.6) is 0 Å². The molecule has 0 heterocycles. The number of benzene rings is 1. The van der Waals surface area contributed by atoms with Crippen LogP contribution in [-0.4, -0.2) is 15.9 Å². The molecule has 0 bridgehead atoms. The molecule has 0 spiro atoms. The molecule has 5 heteroatoms. The van der Waals surface area contributed by atoms with Crippen LogP contribution in [0.2, 0.25) is 0 Å². The number of rotatable bonds is 3. The van der Waals surface area contributed by atoms with Crippen molar-refractivity contribution in [3.8, 4) is 6.07 Å². The fourth-order valence-electron chi connectivity index (χ4n) is 1.12. The zero-order chi connectivity index (χ0) is 11.4. The van der Waals surface area contributed by atoms with Crippen LogP contribution in [0, 0.1) is 11.3 Å². The monoisotopic (exact) mass is 331 g/mol. The maximum atomic E-state index is 10.8. The molecule has 0 aliphatic heterocycles. The van der Waals surface area contributed by atoms with Gasteiger partial charge in [-0.25, -0.2) is 0 Å². The summed E-state index contributed by atoms with van der Waals surface area (Å²) in [4.78, 5) is 9.57. The smallest absolute Gasteiger partial charge is 0.318 e. The van der Waals surface area contributed by atoms with Gasteiger partial charge in [-0.2, -0.15) is 5.26 Å². The van der Waals surface area contributed by atoms with Crippen molar-refractivity contribution in [1.82, 2.24) is 0 Å². The molecule has 2 atom stereocenters. The number of carboxylic acid groups (broad SMARTS) is 1. The normalized spacial score (nSPS) is 13.9. The van der Waals surface area contributed by atoms with Gasteiger partial charge in [0, 0.05) is 0 Å². The summed E-state index contributed by atoms with van der Waals surface area (Å²) in [6, 6.07) is 8.93. The Bertz CT molecular complexity index is 414. The first-order chi connectivity index (χ1) is 7.07. The fourth-order valence-corrected chi connectivity index (χ4v) is 2.03. The maximum Gasteiger partial charge on any atom is 0.318 e. The molecule has 2 unspecified atom stereocenters. The van der Waals surface area contributed by atoms with Gasteiger partial charge >= 0.3 is 5.97 Å². The Balaban J connectivity index is 3.06. The minimum atomic E-state index is -0.968. The van der Waals surface area contributed by atoms with E-state index in [1.807, 2.05) is 6.07 Å². The molecule has 15 heavy (non-hydrogen) atoms. The molecule has 0 radical (unpaired) electrons. The lowest BCUT2D eigenvalue weighted by Crippen LogP contribution is -2.18. The highest BCUT2D eigenvalue weighted by Gasteiger charge is 2.26. The van der Waals surface area contributed by atoms with E-state index in [-0.39, 0.29) is 0 Å². The summed E-state index contributed by atoms with van der Waals surface area (Å²) in [5.41, 5.74) is 1.15. The summed E-state index contributed by atoms with van der Waals surface area (Å²) in [7, 11) is 0. The number of carbonyl (C=O) groups is 1. The van der Waals surface area contributed by atoms with Crippen LogP contribution in [0.15, 0.2) is 24.3 Å². The Morgan fingerprint density at radius 1 is 1.40 bits per heavy atom. The standard InChI is InChI=1S/C10H7Br2NO2/c11-8(9(12)10(14)15)7-4-2-1-3-6(7)5-13/h1-4,8-9H,(H,14,15). The molecule has 0 aromatic heterocycles. The molecule has 1 aromatic rings. The molecule has 1 N–H and O–H groups in total. The average Bonchev–Trinajstić information content (AvgIpc) is 2.26. The summed E-state index contributed by atoms with van der Waals surface area (Å²) in [5, 5.41) is 17.7. The second-order valence-corrected chi connectivity index (χ2v) is 4.81. The highest BCUT2D eigenvalue weighted by molar-refractivity contribution is 9.12. The van der Waals surface area contributed by atoms with Crippen molar-refractivity contribution in [3.05, 3.63) is 35.4 Å². The number of aliphatic carboxylic acids is 1. The quantitative estimate of drug-likeness (QED) is 0.866. The van der Waals surface area contributed by atoms with Gasteiger partial charge < -0.3 is 5.11 Å². The zero-order valence-electron chi connectivity index (χ0n) is 7.52. The number of halogens is 2. The minimum Gasteiger partial charge on any atom is -0.480 e. The van der Waals surface area contributed by atoms with Crippen LogP contribution in [0.25, 0.3) is 0 Å². The van der Waals surface area contributed by atoms with E-state index >= 15 is 0 Å². The Morgan fingerprint density at radius 2 is 2.00 bits per heavy atom. The van der Waals surface area contributed by atoms with Crippen LogP contribution in [-0.2, 0) is 4.79 Å². The van der Waals surface area contributed by atoms with Gasteiger partial charge in [-0.05, 0) is 11.6 Å². The molecule has 0 aliphatic rings. The van der Waals surface area contributed by atoms with Crippen LogP contribution < -0.4 is 0 Å². The third-order valence-corrected chi connectivity index (χ3v) is 4.52. The van der Waals surface area contributed by atoms with E-state index < -0.39 is 15.6 Å². The van der Waals surface area contributed by atoms with Crippen LogP contribution in [0.3, 0.4) is 0 Å². The van der Waals surface area contributed by atoms with Gasteiger partial charge in [0.1, 0.15) is 4.83 Å². The average molecular weight is 333 g/mol. The molecule has 0 aliphatic carbocycles. The van der Waals surface area contributed by atoms with Gasteiger partial charge in [0.25, 0.3) is 0 Å². The molecule has 0 saturated carbocycles. The van der Waals surface area contributed by atoms with Crippen molar-refractivity contribution in [1.29, 1.82) is 5.26 Å². The Hall–Kier alpha value is -0.860. The predicted molar refractivity (Wildman–Crippen MR) is 63.2 cm³/mol. The van der Waals surface area contributed by atoms with E-state index in [0.29, 0.717) is 11.1 Å². The number of alkyl halides is 2. The summed E-state index contributed by atoms with van der Waals surface area (Å²) in [6.07, 6.45) is 0. The third kappa shape index (κ3) is 2.80. The maximum absolute atomic E-state index is 10.8. The molecule has 1 aromatic carbocycles. The van der Waals surface area contributed by atoms with E-state index in [1.54, 1.807) is 24.3 Å². The predicted octanol–water partition coefficient (Wildman–Crippen LogP) is 2.84. The summed E-state index contributed by atoms with van der Waals surface area (Å²) < 4.78 is 0. The number of hydrogen-bond acceptors (Lipinski definition) is 2. The SMILES string of the molecule is N#Cc1ccccc1C(Br)C(Br)C(=O)O. The Labute approximate surface area is 104 Å². The van der Waals surface area contributed by atoms with Gasteiger partial charge in [0.15, 0.2) is 0 Å². The summed E-state index contributed by atoms with van der Waals surface area (Å²) >= 11 is 6.32. The number of nitriles is 1. The first-order valence-electron chi connectivity index (χ1n) is 4.08. The molecule has 0 fully saturated rings. The van der Waals surface area contributed by atoms with Crippen molar-refractivity contribution >= 4 is 37.8 Å². The van der Waals surface area contributed by atoms with E-state index in [4.69, 9.17) is 10.4 Å². The van der Waals surface area contributed by atoms with Crippen LogP contribution in [0.1, 0.15) is 16.0 Å². The van der Waals surface area contributed by atoms with Gasteiger partial charge in [-0.15, -0.1) is 0 Å².